The molecule has 1 N–H and O–H groups in total. The van der Waals surface area contributed by atoms with E-state index in [-0.39, 0.29) is 11.8 Å². The van der Waals surface area contributed by atoms with Crippen LogP contribution in [-0.2, 0) is 4.79 Å². The van der Waals surface area contributed by atoms with Gasteiger partial charge < -0.3 is 10.2 Å². The summed E-state index contributed by atoms with van der Waals surface area (Å²) < 4.78 is 0. The Bertz CT molecular complexity index is 950. The lowest BCUT2D eigenvalue weighted by atomic mass is 9.96. The molecule has 7 heteroatoms. The molecule has 1 saturated heterocycles. The standard InChI is InChI=1S/C19H19ClN4OS/c1-24-6-4-12(5-7-24)18(25)23-19-22-11-17(26-19)13-2-3-14-9-21-10-16(20)15(14)8-13/h2-3,8-12H,4-7H2,1H3,(H,22,23,25). The number of anilines is 1. The Balaban J connectivity index is 1.51. The lowest BCUT2D eigenvalue weighted by molar-refractivity contribution is -0.121. The minimum atomic E-state index is 0.0746. The highest BCUT2D eigenvalue weighted by Gasteiger charge is 2.24. The second-order valence-corrected chi connectivity index (χ2v) is 8.09. The highest BCUT2D eigenvalue weighted by molar-refractivity contribution is 7.19. The number of carbonyl (C=O) groups is 1. The Morgan fingerprint density at radius 3 is 2.88 bits per heavy atom. The number of piperidine rings is 1. The number of pyridine rings is 1. The number of halogens is 1. The first-order valence-electron chi connectivity index (χ1n) is 8.59. The molecule has 4 rings (SSSR count). The van der Waals surface area contributed by atoms with Gasteiger partial charge in [0.25, 0.3) is 0 Å². The lowest BCUT2D eigenvalue weighted by Crippen LogP contribution is -2.35. The molecule has 26 heavy (non-hydrogen) atoms. The van der Waals surface area contributed by atoms with Gasteiger partial charge in [0.15, 0.2) is 5.13 Å². The first-order chi connectivity index (χ1) is 12.6. The van der Waals surface area contributed by atoms with Crippen LogP contribution in [0.25, 0.3) is 21.2 Å². The van der Waals surface area contributed by atoms with E-state index in [1.165, 1.54) is 11.3 Å². The summed E-state index contributed by atoms with van der Waals surface area (Å²) in [5.41, 5.74) is 1.03. The van der Waals surface area contributed by atoms with Gasteiger partial charge in [-0.1, -0.05) is 35.1 Å². The third-order valence-electron chi connectivity index (χ3n) is 4.82. The first-order valence-corrected chi connectivity index (χ1v) is 9.78. The summed E-state index contributed by atoms with van der Waals surface area (Å²) in [7, 11) is 2.09. The van der Waals surface area contributed by atoms with Crippen LogP contribution in [0.4, 0.5) is 5.13 Å². The fourth-order valence-corrected chi connectivity index (χ4v) is 4.26. The van der Waals surface area contributed by atoms with E-state index in [2.05, 4.69) is 27.2 Å². The number of nitrogens with zero attached hydrogens (tertiary/aromatic N) is 3. The number of likely N-dealkylation sites (tertiary alicyclic amines) is 1. The fraction of sp³-hybridized carbons (Fsp3) is 0.316. The first kappa shape index (κ1) is 17.4. The number of aromatic nitrogens is 2. The molecular weight excluding hydrogens is 368 g/mol. The smallest absolute Gasteiger partial charge is 0.229 e. The summed E-state index contributed by atoms with van der Waals surface area (Å²) in [5, 5.41) is 6.22. The van der Waals surface area contributed by atoms with E-state index in [4.69, 9.17) is 11.6 Å². The minimum absolute atomic E-state index is 0.0746. The van der Waals surface area contributed by atoms with Gasteiger partial charge in [0, 0.05) is 35.3 Å². The monoisotopic (exact) mass is 386 g/mol. The predicted octanol–water partition coefficient (Wildman–Crippen LogP) is 4.29. The average molecular weight is 387 g/mol. The van der Waals surface area contributed by atoms with Crippen LogP contribution in [-0.4, -0.2) is 40.9 Å². The van der Waals surface area contributed by atoms with Crippen LogP contribution in [0, 0.1) is 5.92 Å². The van der Waals surface area contributed by atoms with Crippen LogP contribution < -0.4 is 5.32 Å². The highest BCUT2D eigenvalue weighted by atomic mass is 35.5. The summed E-state index contributed by atoms with van der Waals surface area (Å²) in [5.74, 6) is 0.150. The maximum atomic E-state index is 12.5. The zero-order chi connectivity index (χ0) is 18.1. The molecule has 5 nitrogen and oxygen atoms in total. The van der Waals surface area contributed by atoms with Gasteiger partial charge in [0.05, 0.1) is 9.90 Å². The Labute approximate surface area is 161 Å². The van der Waals surface area contributed by atoms with Gasteiger partial charge in [-0.2, -0.15) is 0 Å². The molecule has 1 aliphatic heterocycles. The van der Waals surface area contributed by atoms with Crippen molar-refractivity contribution in [2.24, 2.45) is 5.92 Å². The number of nitrogens with one attached hydrogen (secondary N) is 1. The Morgan fingerprint density at radius 1 is 1.27 bits per heavy atom. The lowest BCUT2D eigenvalue weighted by Gasteiger charge is -2.27. The van der Waals surface area contributed by atoms with Gasteiger partial charge in [-0.25, -0.2) is 4.98 Å². The summed E-state index contributed by atoms with van der Waals surface area (Å²) in [6.45, 7) is 1.93. The Kier molecular flexibility index (Phi) is 4.89. The molecule has 0 atom stereocenters. The molecule has 3 heterocycles. The summed E-state index contributed by atoms with van der Waals surface area (Å²) >= 11 is 7.73. The van der Waals surface area contributed by atoms with E-state index >= 15 is 0 Å². The molecule has 0 saturated carbocycles. The van der Waals surface area contributed by atoms with Crippen LogP contribution in [0.3, 0.4) is 0 Å². The largest absolute Gasteiger partial charge is 0.306 e. The number of carbonyl (C=O) groups excluding carboxylic acids is 1. The van der Waals surface area contributed by atoms with E-state index in [1.54, 1.807) is 18.6 Å². The number of amides is 1. The molecule has 134 valence electrons. The zero-order valence-electron chi connectivity index (χ0n) is 14.4. The predicted molar refractivity (Wildman–Crippen MR) is 107 cm³/mol. The number of hydrogen-bond acceptors (Lipinski definition) is 5. The van der Waals surface area contributed by atoms with Crippen LogP contribution in [0.5, 0.6) is 0 Å². The SMILES string of the molecule is CN1CCC(C(=O)Nc2ncc(-c3ccc4cncc(Cl)c4c3)s2)CC1. The van der Waals surface area contributed by atoms with Gasteiger partial charge in [0.2, 0.25) is 5.91 Å². The van der Waals surface area contributed by atoms with Gasteiger partial charge in [-0.05, 0) is 44.6 Å². The number of hydrogen-bond donors (Lipinski definition) is 1. The maximum absolute atomic E-state index is 12.5. The number of fused-ring (bicyclic) bond motifs is 1. The molecule has 0 aliphatic carbocycles. The third kappa shape index (κ3) is 3.58. The van der Waals surface area contributed by atoms with Crippen molar-refractivity contribution in [2.75, 3.05) is 25.5 Å². The molecule has 1 aliphatic rings. The number of rotatable bonds is 3. The minimum Gasteiger partial charge on any atom is -0.306 e. The van der Waals surface area contributed by atoms with E-state index < -0.39 is 0 Å². The van der Waals surface area contributed by atoms with Crippen LogP contribution >= 0.6 is 22.9 Å². The van der Waals surface area contributed by atoms with E-state index in [9.17, 15) is 4.79 Å². The van der Waals surface area contributed by atoms with Crippen LogP contribution in [0.1, 0.15) is 12.8 Å². The van der Waals surface area contributed by atoms with Gasteiger partial charge >= 0.3 is 0 Å². The maximum Gasteiger partial charge on any atom is 0.229 e. The summed E-state index contributed by atoms with van der Waals surface area (Å²) in [4.78, 5) is 24.2. The zero-order valence-corrected chi connectivity index (χ0v) is 16.0. The van der Waals surface area contributed by atoms with Gasteiger partial charge in [0.1, 0.15) is 0 Å². The van der Waals surface area contributed by atoms with Crippen molar-refractivity contribution in [2.45, 2.75) is 12.8 Å². The molecule has 3 aromatic rings. The molecule has 1 aromatic carbocycles. The van der Waals surface area contributed by atoms with Crippen molar-refractivity contribution in [1.29, 1.82) is 0 Å². The van der Waals surface area contributed by atoms with Gasteiger partial charge in [-0.3, -0.25) is 9.78 Å². The molecule has 1 fully saturated rings. The van der Waals surface area contributed by atoms with Crippen molar-refractivity contribution >= 4 is 44.7 Å². The van der Waals surface area contributed by atoms with Crippen molar-refractivity contribution in [3.05, 3.63) is 41.8 Å². The van der Waals surface area contributed by atoms with E-state index in [0.717, 1.165) is 47.1 Å². The summed E-state index contributed by atoms with van der Waals surface area (Å²) in [6, 6.07) is 6.06. The van der Waals surface area contributed by atoms with E-state index in [0.29, 0.717) is 10.2 Å². The van der Waals surface area contributed by atoms with Crippen molar-refractivity contribution in [1.82, 2.24) is 14.9 Å². The fourth-order valence-electron chi connectivity index (χ4n) is 3.23. The molecule has 0 spiro atoms. The average Bonchev–Trinajstić information content (AvgIpc) is 3.11. The topological polar surface area (TPSA) is 58.1 Å². The normalized spacial score (nSPS) is 16.1. The molecular formula is C19H19ClN4OS. The Morgan fingerprint density at radius 2 is 2.08 bits per heavy atom. The molecule has 0 bridgehead atoms. The van der Waals surface area contributed by atoms with Crippen LogP contribution in [0.2, 0.25) is 5.02 Å². The van der Waals surface area contributed by atoms with E-state index in [1.807, 2.05) is 18.2 Å². The molecule has 0 unspecified atom stereocenters. The van der Waals surface area contributed by atoms with Crippen LogP contribution in [0.15, 0.2) is 36.8 Å². The molecule has 2 aromatic heterocycles. The highest BCUT2D eigenvalue weighted by Crippen LogP contribution is 2.33. The Hall–Kier alpha value is -2.02. The number of thiazole rings is 1. The van der Waals surface area contributed by atoms with Gasteiger partial charge in [-0.15, -0.1) is 0 Å². The quantitative estimate of drug-likeness (QED) is 0.729. The van der Waals surface area contributed by atoms with Crippen molar-refractivity contribution in [3.8, 4) is 10.4 Å². The second-order valence-electron chi connectivity index (χ2n) is 6.65. The van der Waals surface area contributed by atoms with Crippen molar-refractivity contribution in [3.63, 3.8) is 0 Å². The molecule has 1 amide bonds. The number of benzene rings is 1. The molecule has 0 radical (unpaired) electrons. The van der Waals surface area contributed by atoms with Crippen molar-refractivity contribution < 1.29 is 4.79 Å². The third-order valence-corrected chi connectivity index (χ3v) is 6.08. The summed E-state index contributed by atoms with van der Waals surface area (Å²) in [6.07, 6.45) is 7.04. The second kappa shape index (κ2) is 7.31.